The van der Waals surface area contributed by atoms with E-state index in [-0.39, 0.29) is 0 Å². The van der Waals surface area contributed by atoms with E-state index >= 15 is 0 Å². The molecule has 0 N–H and O–H groups in total. The van der Waals surface area contributed by atoms with Gasteiger partial charge in [-0.2, -0.15) is 0 Å². The van der Waals surface area contributed by atoms with Crippen molar-refractivity contribution in [3.8, 4) is 56.5 Å². The molecule has 0 amide bonds. The van der Waals surface area contributed by atoms with Crippen molar-refractivity contribution in [3.05, 3.63) is 158 Å². The third-order valence-electron chi connectivity index (χ3n) is 9.13. The van der Waals surface area contributed by atoms with Crippen LogP contribution in [0.4, 0.5) is 0 Å². The van der Waals surface area contributed by atoms with Crippen LogP contribution in [0.25, 0.3) is 98.8 Å². The zero-order valence-electron chi connectivity index (χ0n) is 26.6. The molecule has 0 saturated heterocycles. The van der Waals surface area contributed by atoms with Crippen LogP contribution in [0.1, 0.15) is 0 Å². The Morgan fingerprint density at radius 3 is 1.80 bits per heavy atom. The third-order valence-corrected chi connectivity index (χ3v) is 10.3. The Morgan fingerprint density at radius 2 is 1.08 bits per heavy atom. The molecular formula is C44H26N4OS. The standard InChI is InChI=1S/C44H26N4OS/c1-4-13-27(14-5-1)35-26-36(28-15-6-2-7-16-28)46-44(45-35)34-21-12-20-32-31-24-23-30(25-38(31)50-42(32)34)43-47-39(29-17-8-3-9-18-29)41-40(48-43)33-19-10-11-22-37(33)49-41/h1-26H. The summed E-state index contributed by atoms with van der Waals surface area (Å²) in [4.78, 5) is 20.5. The van der Waals surface area contributed by atoms with E-state index in [0.29, 0.717) is 17.2 Å². The highest BCUT2D eigenvalue weighted by Crippen LogP contribution is 2.42. The van der Waals surface area contributed by atoms with Crippen LogP contribution in [0.15, 0.2) is 162 Å². The average Bonchev–Trinajstić information content (AvgIpc) is 3.76. The number of rotatable bonds is 5. The van der Waals surface area contributed by atoms with Crippen molar-refractivity contribution in [2.24, 2.45) is 0 Å². The van der Waals surface area contributed by atoms with Gasteiger partial charge in [0.05, 0.1) is 11.4 Å². The van der Waals surface area contributed by atoms with Gasteiger partial charge in [0.15, 0.2) is 17.2 Å². The van der Waals surface area contributed by atoms with Gasteiger partial charge in [-0.05, 0) is 30.3 Å². The minimum Gasteiger partial charge on any atom is -0.452 e. The van der Waals surface area contributed by atoms with Gasteiger partial charge in [0.25, 0.3) is 0 Å². The van der Waals surface area contributed by atoms with Gasteiger partial charge in [-0.3, -0.25) is 0 Å². The van der Waals surface area contributed by atoms with Crippen LogP contribution in [0, 0.1) is 0 Å². The van der Waals surface area contributed by atoms with Crippen molar-refractivity contribution in [2.75, 3.05) is 0 Å². The van der Waals surface area contributed by atoms with Crippen molar-refractivity contribution < 1.29 is 4.42 Å². The fourth-order valence-corrected chi connectivity index (χ4v) is 7.96. The zero-order valence-corrected chi connectivity index (χ0v) is 27.4. The van der Waals surface area contributed by atoms with E-state index in [2.05, 4.69) is 84.9 Å². The van der Waals surface area contributed by atoms with Gasteiger partial charge < -0.3 is 4.42 Å². The van der Waals surface area contributed by atoms with E-state index in [1.54, 1.807) is 11.3 Å². The largest absolute Gasteiger partial charge is 0.452 e. The number of aromatic nitrogens is 4. The number of para-hydroxylation sites is 1. The monoisotopic (exact) mass is 658 g/mol. The van der Waals surface area contributed by atoms with Gasteiger partial charge in [0.2, 0.25) is 0 Å². The Labute approximate surface area is 291 Å². The predicted octanol–water partition coefficient (Wildman–Crippen LogP) is 11.9. The number of hydrogen-bond donors (Lipinski definition) is 0. The van der Waals surface area contributed by atoms with Gasteiger partial charge in [0, 0.05) is 53.4 Å². The van der Waals surface area contributed by atoms with Crippen LogP contribution in [0.3, 0.4) is 0 Å². The molecule has 6 aromatic carbocycles. The molecule has 0 saturated carbocycles. The van der Waals surface area contributed by atoms with Gasteiger partial charge in [-0.25, -0.2) is 19.9 Å². The molecule has 4 heterocycles. The van der Waals surface area contributed by atoms with E-state index in [4.69, 9.17) is 24.4 Å². The summed E-state index contributed by atoms with van der Waals surface area (Å²) in [7, 11) is 0. The summed E-state index contributed by atoms with van der Waals surface area (Å²) in [5.41, 5.74) is 9.93. The maximum Gasteiger partial charge on any atom is 0.180 e. The molecule has 4 aromatic heterocycles. The summed E-state index contributed by atoms with van der Waals surface area (Å²) in [5.74, 6) is 1.37. The van der Waals surface area contributed by atoms with E-state index in [9.17, 15) is 0 Å². The van der Waals surface area contributed by atoms with Crippen molar-refractivity contribution >= 4 is 53.6 Å². The van der Waals surface area contributed by atoms with Crippen LogP contribution >= 0.6 is 11.3 Å². The molecule has 0 aliphatic carbocycles. The molecule has 6 heteroatoms. The van der Waals surface area contributed by atoms with Crippen LogP contribution in [0.2, 0.25) is 0 Å². The lowest BCUT2D eigenvalue weighted by Crippen LogP contribution is -1.96. The Balaban J connectivity index is 1.15. The van der Waals surface area contributed by atoms with Gasteiger partial charge >= 0.3 is 0 Å². The third kappa shape index (κ3) is 4.77. The average molecular weight is 659 g/mol. The maximum atomic E-state index is 6.33. The van der Waals surface area contributed by atoms with Crippen molar-refractivity contribution in [1.82, 2.24) is 19.9 Å². The molecule has 0 bridgehead atoms. The summed E-state index contributed by atoms with van der Waals surface area (Å²) in [6.07, 6.45) is 0. The second-order valence-corrected chi connectivity index (χ2v) is 13.3. The predicted molar refractivity (Wildman–Crippen MR) is 205 cm³/mol. The molecule has 10 rings (SSSR count). The Morgan fingerprint density at radius 1 is 0.440 bits per heavy atom. The van der Waals surface area contributed by atoms with E-state index in [1.807, 2.05) is 72.8 Å². The number of furan rings is 1. The molecular weight excluding hydrogens is 633 g/mol. The fourth-order valence-electron chi connectivity index (χ4n) is 6.71. The fraction of sp³-hybridized carbons (Fsp3) is 0. The topological polar surface area (TPSA) is 64.7 Å². The van der Waals surface area contributed by atoms with Gasteiger partial charge in [-0.1, -0.05) is 127 Å². The zero-order chi connectivity index (χ0) is 33.0. The van der Waals surface area contributed by atoms with E-state index in [1.165, 1.54) is 10.8 Å². The molecule has 0 unspecified atom stereocenters. The summed E-state index contributed by atoms with van der Waals surface area (Å²) in [5, 5.41) is 3.32. The van der Waals surface area contributed by atoms with Gasteiger partial charge in [-0.15, -0.1) is 11.3 Å². The highest BCUT2D eigenvalue weighted by Gasteiger charge is 2.20. The SMILES string of the molecule is c1ccc(-c2cc(-c3ccccc3)nc(-c3cccc4c3sc3cc(-c5nc(-c6ccccc6)c6oc7ccccc7c6n5)ccc34)n2)cc1. The first-order chi connectivity index (χ1) is 24.8. The smallest absolute Gasteiger partial charge is 0.180 e. The molecule has 0 aliphatic heterocycles. The number of benzene rings is 6. The molecule has 5 nitrogen and oxygen atoms in total. The molecule has 0 spiro atoms. The molecule has 50 heavy (non-hydrogen) atoms. The lowest BCUT2D eigenvalue weighted by atomic mass is 10.0. The van der Waals surface area contributed by atoms with E-state index in [0.717, 1.165) is 70.8 Å². The van der Waals surface area contributed by atoms with Gasteiger partial charge in [0.1, 0.15) is 16.8 Å². The van der Waals surface area contributed by atoms with E-state index < -0.39 is 0 Å². The minimum atomic E-state index is 0.661. The van der Waals surface area contributed by atoms with Crippen LogP contribution in [0.5, 0.6) is 0 Å². The molecule has 0 radical (unpaired) electrons. The minimum absolute atomic E-state index is 0.661. The summed E-state index contributed by atoms with van der Waals surface area (Å²) in [6, 6.07) is 53.8. The molecule has 234 valence electrons. The quantitative estimate of drug-likeness (QED) is 0.184. The molecule has 0 fully saturated rings. The summed E-state index contributed by atoms with van der Waals surface area (Å²) < 4.78 is 8.62. The Bertz CT molecular complexity index is 2810. The number of thiophene rings is 1. The number of hydrogen-bond acceptors (Lipinski definition) is 6. The number of nitrogens with zero attached hydrogens (tertiary/aromatic N) is 4. The first-order valence-corrected chi connectivity index (χ1v) is 17.3. The summed E-state index contributed by atoms with van der Waals surface area (Å²) >= 11 is 1.75. The number of fused-ring (bicyclic) bond motifs is 6. The maximum absolute atomic E-state index is 6.33. The molecule has 10 aromatic rings. The second-order valence-electron chi connectivity index (χ2n) is 12.2. The normalized spacial score (nSPS) is 11.6. The van der Waals surface area contributed by atoms with Crippen molar-refractivity contribution in [2.45, 2.75) is 0 Å². The second kappa shape index (κ2) is 11.6. The van der Waals surface area contributed by atoms with Crippen LogP contribution in [-0.2, 0) is 0 Å². The molecule has 0 aliphatic rings. The van der Waals surface area contributed by atoms with Crippen molar-refractivity contribution in [1.29, 1.82) is 0 Å². The molecule has 0 atom stereocenters. The first-order valence-electron chi connectivity index (χ1n) is 16.5. The van der Waals surface area contributed by atoms with Crippen LogP contribution in [-0.4, -0.2) is 19.9 Å². The highest BCUT2D eigenvalue weighted by molar-refractivity contribution is 7.26. The Hall–Kier alpha value is -6.50. The lowest BCUT2D eigenvalue weighted by Gasteiger charge is -2.10. The van der Waals surface area contributed by atoms with Crippen molar-refractivity contribution in [3.63, 3.8) is 0 Å². The van der Waals surface area contributed by atoms with Crippen LogP contribution < -0.4 is 0 Å². The Kier molecular flexibility index (Phi) is 6.60. The lowest BCUT2D eigenvalue weighted by molar-refractivity contribution is 0.667. The highest BCUT2D eigenvalue weighted by atomic mass is 32.1. The first kappa shape index (κ1) is 28.5. The summed E-state index contributed by atoms with van der Waals surface area (Å²) in [6.45, 7) is 0.